The van der Waals surface area contributed by atoms with Gasteiger partial charge in [-0.1, -0.05) is 58.4 Å². The molecule has 0 spiro atoms. The zero-order chi connectivity index (χ0) is 21.8. The van der Waals surface area contributed by atoms with Crippen molar-refractivity contribution in [1.29, 1.82) is 0 Å². The molecule has 0 aliphatic heterocycles. The van der Waals surface area contributed by atoms with Crippen molar-refractivity contribution in [3.63, 3.8) is 0 Å². The molecule has 1 heterocycles. The Morgan fingerprint density at radius 1 is 0.935 bits per heavy atom. The van der Waals surface area contributed by atoms with Crippen molar-refractivity contribution in [2.45, 2.75) is 6.54 Å². The molecule has 0 atom stereocenters. The van der Waals surface area contributed by atoms with Crippen LogP contribution in [0.2, 0.25) is 0 Å². The fourth-order valence-electron chi connectivity index (χ4n) is 3.73. The highest BCUT2D eigenvalue weighted by Crippen LogP contribution is 2.42. The summed E-state index contributed by atoms with van der Waals surface area (Å²) in [5, 5.41) is 1.06. The molecule has 0 amide bonds. The van der Waals surface area contributed by atoms with Crippen LogP contribution < -0.4 is 9.47 Å². The first-order valence-corrected chi connectivity index (χ1v) is 11.1. The van der Waals surface area contributed by atoms with E-state index in [0.29, 0.717) is 6.61 Å². The SMILES string of the molecule is COc1ccc2c(c1)c(OCCN(C)C)c(-c1ccccc1)n2Cc1ccc(Br)cc1. The van der Waals surface area contributed by atoms with Crippen molar-refractivity contribution in [2.24, 2.45) is 0 Å². The first-order valence-electron chi connectivity index (χ1n) is 10.3. The molecule has 4 aromatic rings. The molecule has 0 N–H and O–H groups in total. The van der Waals surface area contributed by atoms with Crippen LogP contribution in [0.25, 0.3) is 22.2 Å². The molecule has 0 bridgehead atoms. The Balaban J connectivity index is 1.91. The number of ether oxygens (including phenoxy) is 2. The van der Waals surface area contributed by atoms with Crippen LogP contribution in [0.4, 0.5) is 0 Å². The molecule has 160 valence electrons. The topological polar surface area (TPSA) is 26.6 Å². The van der Waals surface area contributed by atoms with Crippen LogP contribution in [0, 0.1) is 0 Å². The van der Waals surface area contributed by atoms with Gasteiger partial charge in [-0.25, -0.2) is 0 Å². The average molecular weight is 479 g/mol. The molecule has 3 aromatic carbocycles. The highest BCUT2D eigenvalue weighted by Gasteiger charge is 2.21. The standard InChI is InChI=1S/C26H27BrN2O2/c1-28(2)15-16-31-26-23-17-22(30-3)13-14-24(23)29(18-19-9-11-21(27)12-10-19)25(26)20-7-5-4-6-8-20/h4-14,17H,15-16,18H2,1-3H3. The van der Waals surface area contributed by atoms with Gasteiger partial charge in [0.1, 0.15) is 12.4 Å². The largest absolute Gasteiger partial charge is 0.497 e. The zero-order valence-corrected chi connectivity index (χ0v) is 19.7. The third-order valence-corrected chi connectivity index (χ3v) is 5.84. The highest BCUT2D eigenvalue weighted by atomic mass is 79.9. The van der Waals surface area contributed by atoms with E-state index in [1.54, 1.807) is 7.11 Å². The molecule has 0 radical (unpaired) electrons. The molecule has 0 aliphatic rings. The molecule has 0 aliphatic carbocycles. The fourth-order valence-corrected chi connectivity index (χ4v) is 3.99. The molecule has 0 fully saturated rings. The predicted molar refractivity (Wildman–Crippen MR) is 131 cm³/mol. The summed E-state index contributed by atoms with van der Waals surface area (Å²) in [6, 6.07) is 25.2. The second-order valence-electron chi connectivity index (χ2n) is 7.79. The number of methoxy groups -OCH3 is 1. The second kappa shape index (κ2) is 9.58. The van der Waals surface area contributed by atoms with Crippen molar-refractivity contribution in [1.82, 2.24) is 9.47 Å². The van der Waals surface area contributed by atoms with Gasteiger partial charge in [0.05, 0.1) is 18.3 Å². The summed E-state index contributed by atoms with van der Waals surface area (Å²) < 4.78 is 15.4. The first kappa shape index (κ1) is 21.5. The number of nitrogens with zero attached hydrogens (tertiary/aromatic N) is 2. The van der Waals surface area contributed by atoms with Crippen LogP contribution in [0.3, 0.4) is 0 Å². The lowest BCUT2D eigenvalue weighted by Crippen LogP contribution is -2.19. The second-order valence-corrected chi connectivity index (χ2v) is 8.71. The summed E-state index contributed by atoms with van der Waals surface area (Å²) in [5.74, 6) is 1.73. The minimum atomic E-state index is 0.613. The normalized spacial score (nSPS) is 11.3. The van der Waals surface area contributed by atoms with E-state index in [-0.39, 0.29) is 0 Å². The van der Waals surface area contributed by atoms with Crippen molar-refractivity contribution in [2.75, 3.05) is 34.4 Å². The van der Waals surface area contributed by atoms with Crippen LogP contribution >= 0.6 is 15.9 Å². The third-order valence-electron chi connectivity index (χ3n) is 5.31. The molecular weight excluding hydrogens is 452 g/mol. The molecule has 4 rings (SSSR count). The lowest BCUT2D eigenvalue weighted by atomic mass is 10.1. The predicted octanol–water partition coefficient (Wildman–Crippen LogP) is 6.07. The summed E-state index contributed by atoms with van der Waals surface area (Å²) in [6.07, 6.45) is 0. The summed E-state index contributed by atoms with van der Waals surface area (Å²) in [7, 11) is 5.81. The molecule has 0 saturated heterocycles. The van der Waals surface area contributed by atoms with E-state index in [1.165, 1.54) is 5.56 Å². The van der Waals surface area contributed by atoms with Crippen molar-refractivity contribution in [3.05, 3.63) is 82.8 Å². The van der Waals surface area contributed by atoms with E-state index in [0.717, 1.165) is 51.2 Å². The lowest BCUT2D eigenvalue weighted by Gasteiger charge is -2.15. The van der Waals surface area contributed by atoms with Gasteiger partial charge >= 0.3 is 0 Å². The Morgan fingerprint density at radius 2 is 1.68 bits per heavy atom. The number of fused-ring (bicyclic) bond motifs is 1. The van der Waals surface area contributed by atoms with Crippen molar-refractivity contribution in [3.8, 4) is 22.8 Å². The van der Waals surface area contributed by atoms with Gasteiger partial charge < -0.3 is 18.9 Å². The summed E-state index contributed by atoms with van der Waals surface area (Å²) in [4.78, 5) is 2.13. The quantitative estimate of drug-likeness (QED) is 0.307. The Kier molecular flexibility index (Phi) is 6.64. The van der Waals surface area contributed by atoms with Gasteiger partial charge in [0, 0.05) is 28.5 Å². The molecule has 0 unspecified atom stereocenters. The molecule has 4 nitrogen and oxygen atoms in total. The first-order chi connectivity index (χ1) is 15.1. The van der Waals surface area contributed by atoms with Gasteiger partial charge in [-0.2, -0.15) is 0 Å². The number of hydrogen-bond acceptors (Lipinski definition) is 3. The molecule has 1 aromatic heterocycles. The van der Waals surface area contributed by atoms with E-state index < -0.39 is 0 Å². The number of benzene rings is 3. The lowest BCUT2D eigenvalue weighted by molar-refractivity contribution is 0.264. The maximum Gasteiger partial charge on any atom is 0.153 e. The summed E-state index contributed by atoms with van der Waals surface area (Å²) >= 11 is 3.54. The van der Waals surface area contributed by atoms with Gasteiger partial charge in [-0.15, -0.1) is 0 Å². The number of rotatable bonds is 8. The zero-order valence-electron chi connectivity index (χ0n) is 18.1. The van der Waals surface area contributed by atoms with Gasteiger partial charge in [0.25, 0.3) is 0 Å². The van der Waals surface area contributed by atoms with Crippen LogP contribution in [0.15, 0.2) is 77.3 Å². The number of likely N-dealkylation sites (N-methyl/N-ethyl adjacent to an activating group) is 1. The Morgan fingerprint density at radius 3 is 2.35 bits per heavy atom. The third kappa shape index (κ3) is 4.78. The maximum absolute atomic E-state index is 6.43. The molecule has 0 saturated carbocycles. The number of hydrogen-bond donors (Lipinski definition) is 0. The number of halogens is 1. The fraction of sp³-hybridized carbons (Fsp3) is 0.231. The molecule has 5 heteroatoms. The van der Waals surface area contributed by atoms with Gasteiger partial charge in [0.2, 0.25) is 0 Å². The van der Waals surface area contributed by atoms with Gasteiger partial charge in [0.15, 0.2) is 5.75 Å². The van der Waals surface area contributed by atoms with E-state index >= 15 is 0 Å². The molecular formula is C26H27BrN2O2. The monoisotopic (exact) mass is 478 g/mol. The Labute approximate surface area is 192 Å². The molecule has 31 heavy (non-hydrogen) atoms. The van der Waals surface area contributed by atoms with Crippen LogP contribution in [-0.2, 0) is 6.54 Å². The van der Waals surface area contributed by atoms with Crippen LogP contribution in [0.1, 0.15) is 5.56 Å². The van der Waals surface area contributed by atoms with E-state index in [1.807, 2.05) is 12.1 Å². The minimum Gasteiger partial charge on any atom is -0.497 e. The summed E-state index contributed by atoms with van der Waals surface area (Å²) in [6.45, 7) is 2.20. The van der Waals surface area contributed by atoms with Gasteiger partial charge in [-0.05, 0) is 50.0 Å². The van der Waals surface area contributed by atoms with E-state index in [4.69, 9.17) is 9.47 Å². The van der Waals surface area contributed by atoms with Crippen LogP contribution in [-0.4, -0.2) is 43.8 Å². The highest BCUT2D eigenvalue weighted by molar-refractivity contribution is 9.10. The maximum atomic E-state index is 6.43. The van der Waals surface area contributed by atoms with Crippen molar-refractivity contribution >= 4 is 26.8 Å². The number of aromatic nitrogens is 1. The average Bonchev–Trinajstić information content (AvgIpc) is 3.08. The van der Waals surface area contributed by atoms with Crippen LogP contribution in [0.5, 0.6) is 11.5 Å². The van der Waals surface area contributed by atoms with Crippen molar-refractivity contribution < 1.29 is 9.47 Å². The smallest absolute Gasteiger partial charge is 0.153 e. The summed E-state index contributed by atoms with van der Waals surface area (Å²) in [5.41, 5.74) is 4.58. The Hall–Kier alpha value is -2.76. The minimum absolute atomic E-state index is 0.613. The van der Waals surface area contributed by atoms with E-state index in [9.17, 15) is 0 Å². The van der Waals surface area contributed by atoms with Gasteiger partial charge in [-0.3, -0.25) is 0 Å². The van der Waals surface area contributed by atoms with E-state index in [2.05, 4.69) is 100 Å². The Bertz CT molecular complexity index is 1150.